The number of hydrogen-bond acceptors (Lipinski definition) is 3. The third-order valence-electron chi connectivity index (χ3n) is 3.99. The number of benzene rings is 2. The second-order valence-electron chi connectivity index (χ2n) is 5.93. The molecule has 0 aliphatic rings. The third-order valence-corrected chi connectivity index (χ3v) is 6.06. The number of pyridine rings is 1. The predicted octanol–water partition coefficient (Wildman–Crippen LogP) is 3.31. The minimum atomic E-state index is -3.71. The van der Waals surface area contributed by atoms with Crippen LogP contribution in [0, 0.1) is 6.92 Å². The van der Waals surface area contributed by atoms with Gasteiger partial charge in [-0.25, -0.2) is 8.42 Å². The van der Waals surface area contributed by atoms with E-state index in [9.17, 15) is 13.2 Å². The van der Waals surface area contributed by atoms with E-state index in [2.05, 4.69) is 4.98 Å². The van der Waals surface area contributed by atoms with Crippen LogP contribution < -0.4 is 5.56 Å². The van der Waals surface area contributed by atoms with Crippen molar-refractivity contribution >= 4 is 32.5 Å². The molecule has 0 saturated heterocycles. The summed E-state index contributed by atoms with van der Waals surface area (Å²) in [5.41, 5.74) is 1.86. The number of fused-ring (bicyclic) bond motifs is 1. The number of nitrogens with one attached hydrogen (secondary N) is 1. The van der Waals surface area contributed by atoms with Gasteiger partial charge in [0.25, 0.3) is 5.56 Å². The van der Waals surface area contributed by atoms with Crippen LogP contribution in [0.4, 0.5) is 0 Å². The normalized spacial score (nSPS) is 12.0. The molecule has 0 spiro atoms. The highest BCUT2D eigenvalue weighted by Gasteiger charge is 2.21. The molecular weight excluding hydrogens is 360 g/mol. The predicted molar refractivity (Wildman–Crippen MR) is 99.4 cm³/mol. The summed E-state index contributed by atoms with van der Waals surface area (Å²) in [6.07, 6.45) is 0. The summed E-state index contributed by atoms with van der Waals surface area (Å²) in [5.74, 6) is 0. The van der Waals surface area contributed by atoms with E-state index in [0.717, 1.165) is 20.8 Å². The van der Waals surface area contributed by atoms with Crippen LogP contribution in [-0.2, 0) is 16.6 Å². The van der Waals surface area contributed by atoms with Gasteiger partial charge < -0.3 is 4.98 Å². The topological polar surface area (TPSA) is 70.2 Å². The van der Waals surface area contributed by atoms with Crippen molar-refractivity contribution in [2.75, 3.05) is 7.05 Å². The number of H-pyrrole nitrogens is 1. The fourth-order valence-corrected chi connectivity index (χ4v) is 3.86. The summed E-state index contributed by atoms with van der Waals surface area (Å²) < 4.78 is 26.4. The van der Waals surface area contributed by atoms with Crippen LogP contribution in [0.25, 0.3) is 10.9 Å². The molecule has 0 radical (unpaired) electrons. The van der Waals surface area contributed by atoms with Crippen LogP contribution >= 0.6 is 11.6 Å². The summed E-state index contributed by atoms with van der Waals surface area (Å²) in [5, 5.41) is 1.32. The van der Waals surface area contributed by atoms with Crippen LogP contribution in [-0.4, -0.2) is 24.8 Å². The minimum absolute atomic E-state index is 0.0237. The summed E-state index contributed by atoms with van der Waals surface area (Å²) in [4.78, 5) is 15.2. The van der Waals surface area contributed by atoms with Crippen LogP contribution in [0.1, 0.15) is 11.1 Å². The molecule has 0 aliphatic carbocycles. The van der Waals surface area contributed by atoms with E-state index in [1.54, 1.807) is 6.07 Å². The first-order valence-electron chi connectivity index (χ1n) is 7.62. The van der Waals surface area contributed by atoms with E-state index < -0.39 is 10.0 Å². The number of sulfonamides is 1. The van der Waals surface area contributed by atoms with Crippen molar-refractivity contribution in [3.8, 4) is 0 Å². The monoisotopic (exact) mass is 376 g/mol. The van der Waals surface area contributed by atoms with Gasteiger partial charge in [-0.05, 0) is 54.3 Å². The van der Waals surface area contributed by atoms with Gasteiger partial charge in [-0.15, -0.1) is 0 Å². The zero-order valence-corrected chi connectivity index (χ0v) is 15.4. The van der Waals surface area contributed by atoms with Gasteiger partial charge in [0.15, 0.2) is 0 Å². The zero-order chi connectivity index (χ0) is 18.2. The molecule has 0 amide bonds. The van der Waals surface area contributed by atoms with Gasteiger partial charge in [-0.3, -0.25) is 4.79 Å². The lowest BCUT2D eigenvalue weighted by molar-refractivity contribution is 0.465. The number of aromatic amines is 1. The molecule has 0 fully saturated rings. The van der Waals surface area contributed by atoms with Crippen LogP contribution in [0.15, 0.2) is 58.2 Å². The second kappa shape index (κ2) is 6.63. The SMILES string of the molecule is Cc1ccc2cc(CN(C)S(=O)(=O)c3ccc(Cl)cc3)c(=O)[nH]c2c1. The minimum Gasteiger partial charge on any atom is -0.322 e. The van der Waals surface area contributed by atoms with E-state index in [1.165, 1.54) is 31.3 Å². The fourth-order valence-electron chi connectivity index (χ4n) is 2.59. The summed E-state index contributed by atoms with van der Waals surface area (Å²) >= 11 is 5.80. The molecule has 3 rings (SSSR count). The highest BCUT2D eigenvalue weighted by atomic mass is 35.5. The molecule has 0 bridgehead atoms. The third kappa shape index (κ3) is 3.61. The van der Waals surface area contributed by atoms with Crippen LogP contribution in [0.2, 0.25) is 5.02 Å². The molecule has 3 aromatic rings. The molecule has 1 N–H and O–H groups in total. The molecule has 5 nitrogen and oxygen atoms in total. The van der Waals surface area contributed by atoms with E-state index in [4.69, 9.17) is 11.6 Å². The summed E-state index contributed by atoms with van der Waals surface area (Å²) in [6.45, 7) is 1.92. The van der Waals surface area contributed by atoms with Gasteiger partial charge >= 0.3 is 0 Å². The largest absolute Gasteiger partial charge is 0.322 e. The lowest BCUT2D eigenvalue weighted by Crippen LogP contribution is -2.29. The number of hydrogen-bond donors (Lipinski definition) is 1. The lowest BCUT2D eigenvalue weighted by atomic mass is 10.1. The Kier molecular flexibility index (Phi) is 4.69. The molecule has 2 aromatic carbocycles. The van der Waals surface area contributed by atoms with E-state index >= 15 is 0 Å². The number of halogens is 1. The Balaban J connectivity index is 1.94. The standard InChI is InChI=1S/C18H17ClN2O3S/c1-12-3-4-13-10-14(18(22)20-17(13)9-12)11-21(2)25(23,24)16-7-5-15(19)6-8-16/h3-10H,11H2,1-2H3,(H,20,22). The van der Waals surface area contributed by atoms with E-state index in [0.29, 0.717) is 10.6 Å². The van der Waals surface area contributed by atoms with Gasteiger partial charge in [-0.1, -0.05) is 23.7 Å². The van der Waals surface area contributed by atoms with Crippen molar-refractivity contribution < 1.29 is 8.42 Å². The fraction of sp³-hybridized carbons (Fsp3) is 0.167. The van der Waals surface area contributed by atoms with Crippen LogP contribution in [0.3, 0.4) is 0 Å². The van der Waals surface area contributed by atoms with Crippen molar-refractivity contribution in [3.05, 3.63) is 75.0 Å². The average Bonchev–Trinajstić information content (AvgIpc) is 2.56. The molecule has 25 heavy (non-hydrogen) atoms. The van der Waals surface area contributed by atoms with Gasteiger partial charge in [0.05, 0.1) is 4.90 Å². The van der Waals surface area contributed by atoms with Crippen LogP contribution in [0.5, 0.6) is 0 Å². The maximum absolute atomic E-state index is 12.6. The molecule has 0 saturated carbocycles. The molecule has 0 unspecified atom stereocenters. The Morgan fingerprint density at radius 1 is 1.08 bits per heavy atom. The Bertz CT molecular complexity index is 1090. The number of nitrogens with zero attached hydrogens (tertiary/aromatic N) is 1. The maximum atomic E-state index is 12.6. The van der Waals surface area contributed by atoms with E-state index in [-0.39, 0.29) is 17.0 Å². The first-order valence-corrected chi connectivity index (χ1v) is 9.43. The highest BCUT2D eigenvalue weighted by molar-refractivity contribution is 7.89. The van der Waals surface area contributed by atoms with Crippen molar-refractivity contribution in [2.45, 2.75) is 18.4 Å². The molecule has 1 aromatic heterocycles. The lowest BCUT2D eigenvalue weighted by Gasteiger charge is -2.17. The van der Waals surface area contributed by atoms with Crippen molar-refractivity contribution in [2.24, 2.45) is 0 Å². The molecule has 0 aliphatic heterocycles. The quantitative estimate of drug-likeness (QED) is 0.759. The maximum Gasteiger partial charge on any atom is 0.252 e. The molecular formula is C18H17ClN2O3S. The Morgan fingerprint density at radius 2 is 1.76 bits per heavy atom. The molecule has 7 heteroatoms. The van der Waals surface area contributed by atoms with Gasteiger partial charge in [0.2, 0.25) is 10.0 Å². The van der Waals surface area contributed by atoms with Crippen molar-refractivity contribution in [3.63, 3.8) is 0 Å². The van der Waals surface area contributed by atoms with Crippen molar-refractivity contribution in [1.29, 1.82) is 0 Å². The summed E-state index contributed by atoms with van der Waals surface area (Å²) in [6, 6.07) is 13.4. The zero-order valence-electron chi connectivity index (χ0n) is 13.8. The number of aryl methyl sites for hydroxylation is 1. The first kappa shape index (κ1) is 17.7. The Hall–Kier alpha value is -2.15. The second-order valence-corrected chi connectivity index (χ2v) is 8.41. The Morgan fingerprint density at radius 3 is 2.44 bits per heavy atom. The Labute approximate surface area is 150 Å². The molecule has 1 heterocycles. The van der Waals surface area contributed by atoms with E-state index in [1.807, 2.05) is 25.1 Å². The average molecular weight is 377 g/mol. The first-order chi connectivity index (χ1) is 11.8. The summed E-state index contributed by atoms with van der Waals surface area (Å²) in [7, 11) is -2.26. The van der Waals surface area contributed by atoms with Gasteiger partial charge in [-0.2, -0.15) is 4.31 Å². The van der Waals surface area contributed by atoms with Gasteiger partial charge in [0, 0.05) is 29.7 Å². The number of rotatable bonds is 4. The highest BCUT2D eigenvalue weighted by Crippen LogP contribution is 2.19. The molecule has 130 valence electrons. The molecule has 0 atom stereocenters. The van der Waals surface area contributed by atoms with Gasteiger partial charge in [0.1, 0.15) is 0 Å². The smallest absolute Gasteiger partial charge is 0.252 e. The van der Waals surface area contributed by atoms with Crippen molar-refractivity contribution in [1.82, 2.24) is 9.29 Å². The number of aromatic nitrogens is 1.